The van der Waals surface area contributed by atoms with E-state index in [-0.39, 0.29) is 0 Å². The zero-order valence-electron chi connectivity index (χ0n) is 13.8. The van der Waals surface area contributed by atoms with E-state index in [4.69, 9.17) is 0 Å². The second kappa shape index (κ2) is 7.20. The first kappa shape index (κ1) is 16.1. The van der Waals surface area contributed by atoms with Crippen molar-refractivity contribution in [1.29, 1.82) is 5.26 Å². The lowest BCUT2D eigenvalue weighted by molar-refractivity contribution is 0.175. The molecule has 4 nitrogen and oxygen atoms in total. The van der Waals surface area contributed by atoms with E-state index in [1.807, 2.05) is 72.2 Å². The van der Waals surface area contributed by atoms with Crippen LogP contribution in [0.5, 0.6) is 0 Å². The second-order valence-corrected chi connectivity index (χ2v) is 5.91. The molecule has 2 heterocycles. The van der Waals surface area contributed by atoms with Crippen LogP contribution in [0.15, 0.2) is 60.9 Å². The van der Waals surface area contributed by atoms with Gasteiger partial charge in [-0.05, 0) is 30.7 Å². The Morgan fingerprint density at radius 3 is 2.62 bits per heavy atom. The van der Waals surface area contributed by atoms with Crippen molar-refractivity contribution >= 4 is 11.2 Å². The lowest BCUT2D eigenvalue weighted by Gasteiger charge is -2.27. The molecule has 0 aliphatic rings. The fourth-order valence-electron chi connectivity index (χ4n) is 2.92. The van der Waals surface area contributed by atoms with Crippen molar-refractivity contribution in [2.24, 2.45) is 0 Å². The highest BCUT2D eigenvalue weighted by molar-refractivity contribution is 5.65. The molecule has 0 aliphatic carbocycles. The summed E-state index contributed by atoms with van der Waals surface area (Å²) in [6, 6.07) is 18.2. The molecule has 4 heteroatoms. The quantitative estimate of drug-likeness (QED) is 0.755. The Balaban J connectivity index is 1.97. The van der Waals surface area contributed by atoms with Gasteiger partial charge in [-0.2, -0.15) is 5.26 Å². The summed E-state index contributed by atoms with van der Waals surface area (Å²) in [6.45, 7) is 3.10. The number of hydrogen-bond donors (Lipinski definition) is 1. The minimum absolute atomic E-state index is 0.396. The van der Waals surface area contributed by atoms with E-state index in [2.05, 4.69) is 11.0 Å². The number of fused-ring (bicyclic) bond motifs is 1. The Bertz CT molecular complexity index is 848. The van der Waals surface area contributed by atoms with Gasteiger partial charge in [0.25, 0.3) is 0 Å². The summed E-state index contributed by atoms with van der Waals surface area (Å²) in [4.78, 5) is 2.13. The van der Waals surface area contributed by atoms with E-state index in [1.165, 1.54) is 0 Å². The van der Waals surface area contributed by atoms with Crippen LogP contribution in [-0.2, 0) is 6.54 Å². The molecule has 1 atom stereocenters. The van der Waals surface area contributed by atoms with Gasteiger partial charge in [-0.3, -0.25) is 0 Å². The number of nitrogens with zero attached hydrogens (tertiary/aromatic N) is 3. The molecule has 24 heavy (non-hydrogen) atoms. The Morgan fingerprint density at radius 2 is 1.92 bits per heavy atom. The summed E-state index contributed by atoms with van der Waals surface area (Å²) in [7, 11) is 0. The number of aliphatic hydroxyl groups is 1. The molecule has 2 aromatic heterocycles. The molecule has 0 saturated heterocycles. The van der Waals surface area contributed by atoms with Gasteiger partial charge in [-0.25, -0.2) is 0 Å². The topological polar surface area (TPSA) is 51.7 Å². The number of aliphatic hydroxyl groups excluding tert-OH is 1. The number of anilines is 1. The van der Waals surface area contributed by atoms with E-state index in [9.17, 15) is 10.4 Å². The van der Waals surface area contributed by atoms with Crippen molar-refractivity contribution in [1.82, 2.24) is 4.40 Å². The third kappa shape index (κ3) is 3.27. The summed E-state index contributed by atoms with van der Waals surface area (Å²) >= 11 is 0. The molecule has 3 aromatic rings. The van der Waals surface area contributed by atoms with Crippen LogP contribution < -0.4 is 4.90 Å². The maximum Gasteiger partial charge on any atom is 0.102 e. The maximum absolute atomic E-state index is 10.1. The third-order valence-electron chi connectivity index (χ3n) is 4.26. The molecule has 0 saturated carbocycles. The fourth-order valence-corrected chi connectivity index (χ4v) is 2.92. The third-order valence-corrected chi connectivity index (χ3v) is 4.26. The van der Waals surface area contributed by atoms with Crippen LogP contribution in [0.4, 0.5) is 5.69 Å². The standard InChI is InChI=1S/C20H21N3O/c1-2-18(24)15-23(17-8-4-3-5-9-17)14-16-13-22-11-7-6-10-20(22)19(16)12-21/h3-11,13,18,24H,2,14-15H2,1H3. The molecular formula is C20H21N3O. The molecule has 0 amide bonds. The summed E-state index contributed by atoms with van der Waals surface area (Å²) in [5.74, 6) is 0. The summed E-state index contributed by atoms with van der Waals surface area (Å²) in [5, 5.41) is 19.7. The molecule has 1 unspecified atom stereocenters. The number of pyridine rings is 1. The van der Waals surface area contributed by atoms with Crippen molar-refractivity contribution in [2.45, 2.75) is 26.0 Å². The van der Waals surface area contributed by atoms with Gasteiger partial charge in [0.15, 0.2) is 0 Å². The molecule has 1 aromatic carbocycles. The van der Waals surface area contributed by atoms with Gasteiger partial charge < -0.3 is 14.4 Å². The minimum atomic E-state index is -0.396. The van der Waals surface area contributed by atoms with Crippen molar-refractivity contribution < 1.29 is 5.11 Å². The van der Waals surface area contributed by atoms with Gasteiger partial charge in [-0.1, -0.05) is 31.2 Å². The first-order chi connectivity index (χ1) is 11.7. The van der Waals surface area contributed by atoms with Crippen LogP contribution in [0.25, 0.3) is 5.52 Å². The van der Waals surface area contributed by atoms with Crippen molar-refractivity contribution in [3.63, 3.8) is 0 Å². The van der Waals surface area contributed by atoms with Gasteiger partial charge in [0.05, 0.1) is 17.2 Å². The summed E-state index contributed by atoms with van der Waals surface area (Å²) in [5.41, 5.74) is 3.63. The molecule has 0 fully saturated rings. The lowest BCUT2D eigenvalue weighted by Crippen LogP contribution is -2.31. The zero-order valence-corrected chi connectivity index (χ0v) is 13.8. The second-order valence-electron chi connectivity index (χ2n) is 5.91. The Kier molecular flexibility index (Phi) is 4.83. The number of nitriles is 1. The molecule has 0 radical (unpaired) electrons. The molecule has 0 bridgehead atoms. The molecule has 3 rings (SSSR count). The van der Waals surface area contributed by atoms with Gasteiger partial charge in [-0.15, -0.1) is 0 Å². The molecule has 1 N–H and O–H groups in total. The minimum Gasteiger partial charge on any atom is -0.391 e. The monoisotopic (exact) mass is 319 g/mol. The number of benzene rings is 1. The van der Waals surface area contributed by atoms with Crippen LogP contribution >= 0.6 is 0 Å². The highest BCUT2D eigenvalue weighted by Gasteiger charge is 2.16. The van der Waals surface area contributed by atoms with Crippen LogP contribution in [0, 0.1) is 11.3 Å². The van der Waals surface area contributed by atoms with Crippen LogP contribution in [0.1, 0.15) is 24.5 Å². The lowest BCUT2D eigenvalue weighted by atomic mass is 10.1. The maximum atomic E-state index is 10.1. The number of hydrogen-bond acceptors (Lipinski definition) is 3. The van der Waals surface area contributed by atoms with Crippen LogP contribution in [-0.4, -0.2) is 22.2 Å². The normalized spacial score (nSPS) is 12.0. The predicted molar refractivity (Wildman–Crippen MR) is 95.9 cm³/mol. The number of para-hydroxylation sites is 1. The van der Waals surface area contributed by atoms with Crippen LogP contribution in [0.2, 0.25) is 0 Å². The largest absolute Gasteiger partial charge is 0.391 e. The van der Waals surface area contributed by atoms with Gasteiger partial charge in [0, 0.05) is 36.7 Å². The smallest absolute Gasteiger partial charge is 0.102 e. The van der Waals surface area contributed by atoms with Crippen LogP contribution in [0.3, 0.4) is 0 Å². The van der Waals surface area contributed by atoms with Crippen molar-refractivity contribution in [3.05, 3.63) is 72.1 Å². The van der Waals surface area contributed by atoms with E-state index in [1.54, 1.807) is 0 Å². The van der Waals surface area contributed by atoms with E-state index >= 15 is 0 Å². The first-order valence-corrected chi connectivity index (χ1v) is 8.19. The van der Waals surface area contributed by atoms with Gasteiger partial charge in [0.2, 0.25) is 0 Å². The fraction of sp³-hybridized carbons (Fsp3) is 0.250. The highest BCUT2D eigenvalue weighted by Crippen LogP contribution is 2.23. The van der Waals surface area contributed by atoms with E-state index < -0.39 is 6.10 Å². The Morgan fingerprint density at radius 1 is 1.17 bits per heavy atom. The average molecular weight is 319 g/mol. The Labute approximate surface area is 142 Å². The summed E-state index contributed by atoms with van der Waals surface area (Å²) in [6.07, 6.45) is 4.26. The first-order valence-electron chi connectivity index (χ1n) is 8.19. The van der Waals surface area contributed by atoms with Gasteiger partial charge in [0.1, 0.15) is 6.07 Å². The molecule has 0 aliphatic heterocycles. The number of rotatable bonds is 6. The Hall–Kier alpha value is -2.77. The van der Waals surface area contributed by atoms with Crippen molar-refractivity contribution in [3.8, 4) is 6.07 Å². The van der Waals surface area contributed by atoms with E-state index in [0.29, 0.717) is 25.1 Å². The SMILES string of the molecule is CCC(O)CN(Cc1cn2ccccc2c1C#N)c1ccccc1. The molecule has 122 valence electrons. The molecular weight excluding hydrogens is 298 g/mol. The predicted octanol–water partition coefficient (Wildman–Crippen LogP) is 3.59. The summed E-state index contributed by atoms with van der Waals surface area (Å²) < 4.78 is 1.98. The van der Waals surface area contributed by atoms with Crippen molar-refractivity contribution in [2.75, 3.05) is 11.4 Å². The average Bonchev–Trinajstić information content (AvgIpc) is 2.98. The zero-order chi connectivity index (χ0) is 16.9. The van der Waals surface area contributed by atoms with Gasteiger partial charge >= 0.3 is 0 Å². The number of aromatic nitrogens is 1. The van der Waals surface area contributed by atoms with E-state index in [0.717, 1.165) is 16.8 Å². The molecule has 0 spiro atoms. The highest BCUT2D eigenvalue weighted by atomic mass is 16.3.